The van der Waals surface area contributed by atoms with Crippen LogP contribution in [0.4, 0.5) is 5.82 Å². The minimum Gasteiger partial charge on any atom is -0.504 e. The molecule has 0 unspecified atom stereocenters. The minimum absolute atomic E-state index is 0.0795. The van der Waals surface area contributed by atoms with E-state index < -0.39 is 0 Å². The van der Waals surface area contributed by atoms with Gasteiger partial charge >= 0.3 is 0 Å². The van der Waals surface area contributed by atoms with Gasteiger partial charge in [-0.2, -0.15) is 0 Å². The predicted octanol–water partition coefficient (Wildman–Crippen LogP) is 2.85. The minimum atomic E-state index is 0.0795. The molecule has 92 valence electrons. The van der Waals surface area contributed by atoms with Gasteiger partial charge in [0.15, 0.2) is 17.3 Å². The maximum absolute atomic E-state index is 9.87. The lowest BCUT2D eigenvalue weighted by Gasteiger charge is -2.04. The zero-order valence-electron chi connectivity index (χ0n) is 10.3. The molecule has 0 aliphatic carbocycles. The number of aryl methyl sites for hydroxylation is 1. The number of rotatable bonds is 3. The van der Waals surface area contributed by atoms with Crippen molar-refractivity contribution in [2.45, 2.75) is 6.92 Å². The van der Waals surface area contributed by atoms with Crippen molar-refractivity contribution in [1.82, 2.24) is 4.98 Å². The molecule has 0 radical (unpaired) electrons. The fourth-order valence-electron chi connectivity index (χ4n) is 1.48. The van der Waals surface area contributed by atoms with Gasteiger partial charge in [-0.25, -0.2) is 9.98 Å². The largest absolute Gasteiger partial charge is 0.504 e. The van der Waals surface area contributed by atoms with E-state index in [0.29, 0.717) is 17.1 Å². The Bertz CT molecular complexity index is 563. The van der Waals surface area contributed by atoms with Crippen LogP contribution in [0.2, 0.25) is 0 Å². The second kappa shape index (κ2) is 5.31. The van der Waals surface area contributed by atoms with Gasteiger partial charge in [-0.3, -0.25) is 0 Å². The lowest BCUT2D eigenvalue weighted by molar-refractivity contribution is 0.373. The average Bonchev–Trinajstić information content (AvgIpc) is 2.39. The normalized spacial score (nSPS) is 10.8. The predicted molar refractivity (Wildman–Crippen MR) is 70.9 cm³/mol. The standard InChI is InChI=1S/C14H14N2O2/c1-10-6-7-13(15-8-10)16-9-11-4-3-5-12(18-2)14(11)17/h3-9,17H,1-2H3. The molecule has 2 rings (SSSR count). The zero-order valence-corrected chi connectivity index (χ0v) is 10.3. The summed E-state index contributed by atoms with van der Waals surface area (Å²) >= 11 is 0. The molecule has 1 N–H and O–H groups in total. The van der Waals surface area contributed by atoms with Crippen LogP contribution in [0.3, 0.4) is 0 Å². The first-order valence-corrected chi connectivity index (χ1v) is 5.53. The van der Waals surface area contributed by atoms with Crippen LogP contribution in [0.1, 0.15) is 11.1 Å². The Labute approximate surface area is 106 Å². The second-order valence-corrected chi connectivity index (χ2v) is 3.85. The molecule has 18 heavy (non-hydrogen) atoms. The molecule has 4 nitrogen and oxygen atoms in total. The number of benzene rings is 1. The summed E-state index contributed by atoms with van der Waals surface area (Å²) in [6, 6.07) is 9.00. The SMILES string of the molecule is COc1cccc(C=Nc2ccc(C)cn2)c1O. The summed E-state index contributed by atoms with van der Waals surface area (Å²) in [6.07, 6.45) is 3.31. The Morgan fingerprint density at radius 3 is 2.78 bits per heavy atom. The number of para-hydroxylation sites is 1. The van der Waals surface area contributed by atoms with Crippen LogP contribution in [0.15, 0.2) is 41.5 Å². The maximum atomic E-state index is 9.87. The van der Waals surface area contributed by atoms with Crippen LogP contribution in [-0.2, 0) is 0 Å². The molecule has 0 saturated carbocycles. The quantitative estimate of drug-likeness (QED) is 0.842. The third-order valence-corrected chi connectivity index (χ3v) is 2.48. The van der Waals surface area contributed by atoms with Gasteiger partial charge in [0.25, 0.3) is 0 Å². The molecule has 1 heterocycles. The molecule has 0 atom stereocenters. The molecular weight excluding hydrogens is 228 g/mol. The van der Waals surface area contributed by atoms with E-state index in [9.17, 15) is 5.11 Å². The fourth-order valence-corrected chi connectivity index (χ4v) is 1.48. The number of aliphatic imine (C=N–C) groups is 1. The number of ether oxygens (including phenoxy) is 1. The highest BCUT2D eigenvalue weighted by Crippen LogP contribution is 2.28. The highest BCUT2D eigenvalue weighted by molar-refractivity contribution is 5.86. The van der Waals surface area contributed by atoms with Crippen molar-refractivity contribution < 1.29 is 9.84 Å². The van der Waals surface area contributed by atoms with Crippen LogP contribution in [-0.4, -0.2) is 23.4 Å². The van der Waals surface area contributed by atoms with Crippen molar-refractivity contribution in [3.05, 3.63) is 47.7 Å². The highest BCUT2D eigenvalue weighted by Gasteiger charge is 2.04. The summed E-state index contributed by atoms with van der Waals surface area (Å²) < 4.78 is 5.03. The van der Waals surface area contributed by atoms with Gasteiger partial charge in [0.2, 0.25) is 0 Å². The lowest BCUT2D eigenvalue weighted by atomic mass is 10.2. The monoisotopic (exact) mass is 242 g/mol. The van der Waals surface area contributed by atoms with Gasteiger partial charge in [0, 0.05) is 18.0 Å². The summed E-state index contributed by atoms with van der Waals surface area (Å²) in [5.41, 5.74) is 1.68. The van der Waals surface area contributed by atoms with E-state index in [0.717, 1.165) is 5.56 Å². The van der Waals surface area contributed by atoms with E-state index >= 15 is 0 Å². The van der Waals surface area contributed by atoms with Crippen LogP contribution in [0.25, 0.3) is 0 Å². The number of aromatic nitrogens is 1. The third-order valence-electron chi connectivity index (χ3n) is 2.48. The molecule has 4 heteroatoms. The van der Waals surface area contributed by atoms with E-state index in [1.807, 2.05) is 19.1 Å². The fraction of sp³-hybridized carbons (Fsp3) is 0.143. The van der Waals surface area contributed by atoms with E-state index in [-0.39, 0.29) is 5.75 Å². The molecule has 0 fully saturated rings. The number of phenolic OH excluding ortho intramolecular Hbond substituents is 1. The molecule has 0 amide bonds. The molecule has 2 aromatic rings. The topological polar surface area (TPSA) is 54.7 Å². The molecule has 1 aromatic carbocycles. The van der Waals surface area contributed by atoms with E-state index in [2.05, 4.69) is 9.98 Å². The lowest BCUT2D eigenvalue weighted by Crippen LogP contribution is -1.88. The molecule has 0 aliphatic heterocycles. The van der Waals surface area contributed by atoms with Crippen LogP contribution >= 0.6 is 0 Å². The summed E-state index contributed by atoms with van der Waals surface area (Å²) in [6.45, 7) is 1.97. The van der Waals surface area contributed by atoms with E-state index in [4.69, 9.17) is 4.74 Å². The van der Waals surface area contributed by atoms with Gasteiger partial charge in [0.1, 0.15) is 0 Å². The van der Waals surface area contributed by atoms with E-state index in [1.165, 1.54) is 7.11 Å². The summed E-state index contributed by atoms with van der Waals surface area (Å²) in [4.78, 5) is 8.36. The number of methoxy groups -OCH3 is 1. The molecule has 1 aromatic heterocycles. The number of hydrogen-bond acceptors (Lipinski definition) is 4. The van der Waals surface area contributed by atoms with Crippen LogP contribution < -0.4 is 4.74 Å². The molecule has 0 spiro atoms. The van der Waals surface area contributed by atoms with Crippen LogP contribution in [0.5, 0.6) is 11.5 Å². The van der Waals surface area contributed by atoms with Crippen molar-refractivity contribution in [3.8, 4) is 11.5 Å². The Kier molecular flexibility index (Phi) is 3.57. The first-order chi connectivity index (χ1) is 8.70. The highest BCUT2D eigenvalue weighted by atomic mass is 16.5. The smallest absolute Gasteiger partial charge is 0.166 e. The summed E-state index contributed by atoms with van der Waals surface area (Å²) in [5, 5.41) is 9.87. The maximum Gasteiger partial charge on any atom is 0.166 e. The van der Waals surface area contributed by atoms with Gasteiger partial charge in [-0.15, -0.1) is 0 Å². The Balaban J connectivity index is 2.26. The van der Waals surface area contributed by atoms with Crippen LogP contribution in [0, 0.1) is 6.92 Å². The molecule has 0 saturated heterocycles. The van der Waals surface area contributed by atoms with Gasteiger partial charge in [-0.05, 0) is 30.7 Å². The van der Waals surface area contributed by atoms with Crippen molar-refractivity contribution in [2.75, 3.05) is 7.11 Å². The third kappa shape index (κ3) is 2.66. The Hall–Kier alpha value is -2.36. The number of nitrogens with zero attached hydrogens (tertiary/aromatic N) is 2. The van der Waals surface area contributed by atoms with Gasteiger partial charge < -0.3 is 9.84 Å². The summed E-state index contributed by atoms with van der Waals surface area (Å²) in [7, 11) is 1.51. The van der Waals surface area contributed by atoms with Crippen molar-refractivity contribution in [3.63, 3.8) is 0 Å². The Morgan fingerprint density at radius 1 is 1.28 bits per heavy atom. The number of phenols is 1. The number of pyridine rings is 1. The van der Waals surface area contributed by atoms with E-state index in [1.54, 1.807) is 30.6 Å². The Morgan fingerprint density at radius 2 is 2.11 bits per heavy atom. The van der Waals surface area contributed by atoms with Crippen molar-refractivity contribution in [2.24, 2.45) is 4.99 Å². The zero-order chi connectivity index (χ0) is 13.0. The molecule has 0 bridgehead atoms. The molecule has 0 aliphatic rings. The van der Waals surface area contributed by atoms with Crippen molar-refractivity contribution >= 4 is 12.0 Å². The number of aromatic hydroxyl groups is 1. The summed E-state index contributed by atoms with van der Waals surface area (Å²) in [5.74, 6) is 1.11. The van der Waals surface area contributed by atoms with Gasteiger partial charge in [-0.1, -0.05) is 12.1 Å². The second-order valence-electron chi connectivity index (χ2n) is 3.85. The average molecular weight is 242 g/mol. The number of hydrogen-bond donors (Lipinski definition) is 1. The molecular formula is C14H14N2O2. The first kappa shape index (κ1) is 12.1. The van der Waals surface area contributed by atoms with Gasteiger partial charge in [0.05, 0.1) is 7.11 Å². The first-order valence-electron chi connectivity index (χ1n) is 5.53. The van der Waals surface area contributed by atoms with Crippen molar-refractivity contribution in [1.29, 1.82) is 0 Å².